The summed E-state index contributed by atoms with van der Waals surface area (Å²) in [6.45, 7) is 3.01. The summed E-state index contributed by atoms with van der Waals surface area (Å²) in [4.78, 5) is 24.4. The van der Waals surface area contributed by atoms with Gasteiger partial charge in [-0.05, 0) is 43.7 Å². The lowest BCUT2D eigenvalue weighted by atomic mass is 10.1. The zero-order chi connectivity index (χ0) is 18.0. The number of aryl methyl sites for hydroxylation is 1. The summed E-state index contributed by atoms with van der Waals surface area (Å²) in [5, 5.41) is 3.09. The first-order valence-electron chi connectivity index (χ1n) is 7.65. The van der Waals surface area contributed by atoms with E-state index in [1.165, 1.54) is 12.3 Å². The number of hydrogen-bond donors (Lipinski definition) is 1. The van der Waals surface area contributed by atoms with Crippen LogP contribution in [0.2, 0.25) is 0 Å². The van der Waals surface area contributed by atoms with Crippen molar-refractivity contribution in [2.24, 2.45) is 0 Å². The van der Waals surface area contributed by atoms with Crippen LogP contribution in [0.25, 0.3) is 10.1 Å². The quantitative estimate of drug-likeness (QED) is 0.698. The van der Waals surface area contributed by atoms with Crippen LogP contribution in [0.15, 0.2) is 41.0 Å². The third kappa shape index (κ3) is 3.56. The van der Waals surface area contributed by atoms with Gasteiger partial charge in [0, 0.05) is 10.1 Å². The molecule has 1 N–H and O–H groups in total. The molecule has 0 saturated heterocycles. The van der Waals surface area contributed by atoms with E-state index in [2.05, 4.69) is 5.32 Å². The van der Waals surface area contributed by atoms with Crippen LogP contribution in [-0.2, 0) is 9.53 Å². The number of ether oxygens (including phenoxy) is 1. The van der Waals surface area contributed by atoms with Crippen molar-refractivity contribution in [3.63, 3.8) is 0 Å². The van der Waals surface area contributed by atoms with E-state index >= 15 is 0 Å². The highest BCUT2D eigenvalue weighted by atomic mass is 32.1. The van der Waals surface area contributed by atoms with Gasteiger partial charge in [-0.15, -0.1) is 11.3 Å². The number of fused-ring (bicyclic) bond motifs is 1. The van der Waals surface area contributed by atoms with Gasteiger partial charge in [0.1, 0.15) is 16.5 Å². The van der Waals surface area contributed by atoms with E-state index in [4.69, 9.17) is 9.15 Å². The lowest BCUT2D eigenvalue weighted by Gasteiger charge is -2.11. The summed E-state index contributed by atoms with van der Waals surface area (Å²) < 4.78 is 24.8. The minimum Gasteiger partial charge on any atom is -0.467 e. The third-order valence-corrected chi connectivity index (χ3v) is 5.01. The Morgan fingerprint density at radius 1 is 1.32 bits per heavy atom. The van der Waals surface area contributed by atoms with Crippen molar-refractivity contribution in [1.29, 1.82) is 0 Å². The molecule has 0 saturated carbocycles. The molecule has 5 nitrogen and oxygen atoms in total. The molecule has 1 amide bonds. The predicted molar refractivity (Wildman–Crippen MR) is 92.1 cm³/mol. The van der Waals surface area contributed by atoms with Gasteiger partial charge in [0.15, 0.2) is 6.61 Å². The smallest absolute Gasteiger partial charge is 0.349 e. The Morgan fingerprint density at radius 2 is 2.12 bits per heavy atom. The number of rotatable bonds is 5. The Balaban J connectivity index is 1.64. The largest absolute Gasteiger partial charge is 0.467 e. The van der Waals surface area contributed by atoms with Crippen molar-refractivity contribution in [2.75, 3.05) is 6.61 Å². The van der Waals surface area contributed by atoms with E-state index < -0.39 is 18.5 Å². The first-order chi connectivity index (χ1) is 12.0. The lowest BCUT2D eigenvalue weighted by Crippen LogP contribution is -2.30. The van der Waals surface area contributed by atoms with Crippen molar-refractivity contribution in [3.8, 4) is 0 Å². The number of esters is 1. The highest BCUT2D eigenvalue weighted by Crippen LogP contribution is 2.32. The van der Waals surface area contributed by atoms with Gasteiger partial charge >= 0.3 is 5.97 Å². The van der Waals surface area contributed by atoms with E-state index in [0.717, 1.165) is 11.3 Å². The van der Waals surface area contributed by atoms with Gasteiger partial charge in [-0.25, -0.2) is 9.18 Å². The molecule has 1 atom stereocenters. The summed E-state index contributed by atoms with van der Waals surface area (Å²) in [5.74, 6) is -0.855. The Morgan fingerprint density at radius 3 is 2.80 bits per heavy atom. The normalized spacial score (nSPS) is 12.1. The molecule has 130 valence electrons. The number of nitrogens with one attached hydrogen (secondary N) is 1. The Labute approximate surface area is 147 Å². The Bertz CT molecular complexity index is 917. The first-order valence-corrected chi connectivity index (χ1v) is 8.46. The van der Waals surface area contributed by atoms with Gasteiger partial charge in [0.25, 0.3) is 5.91 Å². The highest BCUT2D eigenvalue weighted by Gasteiger charge is 2.20. The van der Waals surface area contributed by atoms with Gasteiger partial charge in [0.05, 0.1) is 12.3 Å². The van der Waals surface area contributed by atoms with Crippen molar-refractivity contribution in [2.45, 2.75) is 19.9 Å². The summed E-state index contributed by atoms with van der Waals surface area (Å²) in [7, 11) is 0. The van der Waals surface area contributed by atoms with Crippen LogP contribution in [0.5, 0.6) is 0 Å². The fourth-order valence-corrected chi connectivity index (χ4v) is 3.65. The minimum absolute atomic E-state index is 0.298. The minimum atomic E-state index is -0.640. The Kier molecular flexibility index (Phi) is 4.85. The molecule has 0 bridgehead atoms. The second kappa shape index (κ2) is 7.06. The SMILES string of the molecule is Cc1c(C(=O)OCC(=O)N[C@H](C)c2ccco2)sc2cccc(F)c12. The molecule has 3 rings (SSSR count). The van der Waals surface area contributed by atoms with E-state index in [1.807, 2.05) is 0 Å². The van der Waals surface area contributed by atoms with Gasteiger partial charge in [-0.2, -0.15) is 0 Å². The molecule has 0 aliphatic rings. The number of halogens is 1. The second-order valence-electron chi connectivity index (χ2n) is 5.55. The van der Waals surface area contributed by atoms with E-state index in [-0.39, 0.29) is 11.9 Å². The number of thiophene rings is 1. The van der Waals surface area contributed by atoms with Crippen LogP contribution in [0.3, 0.4) is 0 Å². The number of carbonyl (C=O) groups is 2. The fraction of sp³-hybridized carbons (Fsp3) is 0.222. The summed E-state index contributed by atoms with van der Waals surface area (Å²) >= 11 is 1.15. The van der Waals surface area contributed by atoms with Gasteiger partial charge in [-0.1, -0.05) is 6.07 Å². The number of furan rings is 1. The van der Waals surface area contributed by atoms with Crippen molar-refractivity contribution >= 4 is 33.3 Å². The summed E-state index contributed by atoms with van der Waals surface area (Å²) in [5.41, 5.74) is 0.521. The molecule has 0 aliphatic heterocycles. The number of benzene rings is 1. The average molecular weight is 361 g/mol. The maximum Gasteiger partial charge on any atom is 0.349 e. The number of carbonyl (C=O) groups excluding carboxylic acids is 2. The zero-order valence-electron chi connectivity index (χ0n) is 13.7. The van der Waals surface area contributed by atoms with Crippen molar-refractivity contribution in [1.82, 2.24) is 5.32 Å². The van der Waals surface area contributed by atoms with Gasteiger partial charge in [-0.3, -0.25) is 4.79 Å². The van der Waals surface area contributed by atoms with E-state index in [9.17, 15) is 14.0 Å². The summed E-state index contributed by atoms with van der Waals surface area (Å²) in [6, 6.07) is 7.81. The van der Waals surface area contributed by atoms with Crippen LogP contribution in [-0.4, -0.2) is 18.5 Å². The van der Waals surface area contributed by atoms with Crippen LogP contribution in [0, 0.1) is 12.7 Å². The summed E-state index contributed by atoms with van der Waals surface area (Å²) in [6.07, 6.45) is 1.52. The molecule has 25 heavy (non-hydrogen) atoms. The highest BCUT2D eigenvalue weighted by molar-refractivity contribution is 7.21. The zero-order valence-corrected chi connectivity index (χ0v) is 14.5. The molecule has 0 unspecified atom stereocenters. The maximum absolute atomic E-state index is 13.9. The number of amides is 1. The predicted octanol–water partition coefficient (Wildman–Crippen LogP) is 3.98. The molecule has 0 fully saturated rings. The van der Waals surface area contributed by atoms with Crippen molar-refractivity contribution < 1.29 is 23.1 Å². The van der Waals surface area contributed by atoms with E-state index in [0.29, 0.717) is 26.3 Å². The van der Waals surface area contributed by atoms with Gasteiger partial charge < -0.3 is 14.5 Å². The van der Waals surface area contributed by atoms with E-state index in [1.54, 1.807) is 38.1 Å². The molecule has 0 aliphatic carbocycles. The average Bonchev–Trinajstić information content (AvgIpc) is 3.21. The molecular weight excluding hydrogens is 345 g/mol. The molecule has 2 aromatic heterocycles. The topological polar surface area (TPSA) is 68.5 Å². The second-order valence-corrected chi connectivity index (χ2v) is 6.60. The standard InChI is InChI=1S/C18H16FNO4S/c1-10-16-12(19)5-3-7-14(16)25-17(10)18(22)24-9-15(21)20-11(2)13-6-4-8-23-13/h3-8,11H,9H2,1-2H3,(H,20,21)/t11-/m1/s1. The first kappa shape index (κ1) is 17.2. The molecule has 0 spiro atoms. The number of hydrogen-bond acceptors (Lipinski definition) is 5. The fourth-order valence-electron chi connectivity index (χ4n) is 2.54. The molecule has 2 heterocycles. The molecular formula is C18H16FNO4S. The van der Waals surface area contributed by atoms with Gasteiger partial charge in [0.2, 0.25) is 0 Å². The molecule has 0 radical (unpaired) electrons. The third-order valence-electron chi connectivity index (χ3n) is 3.77. The van der Waals surface area contributed by atoms with Crippen molar-refractivity contribution in [3.05, 3.63) is 58.6 Å². The van der Waals surface area contributed by atoms with Crippen LogP contribution in [0.1, 0.15) is 34.0 Å². The maximum atomic E-state index is 13.9. The molecule has 1 aromatic carbocycles. The van der Waals surface area contributed by atoms with Crippen LogP contribution < -0.4 is 5.32 Å². The molecule has 7 heteroatoms. The van der Waals surface area contributed by atoms with Crippen LogP contribution >= 0.6 is 11.3 Å². The Hall–Kier alpha value is -2.67. The lowest BCUT2D eigenvalue weighted by molar-refractivity contribution is -0.125. The monoisotopic (exact) mass is 361 g/mol. The molecule has 3 aromatic rings. The van der Waals surface area contributed by atoms with Crippen LogP contribution in [0.4, 0.5) is 4.39 Å².